The van der Waals surface area contributed by atoms with Gasteiger partial charge in [0, 0.05) is 11.9 Å². The van der Waals surface area contributed by atoms with Crippen molar-refractivity contribution in [1.82, 2.24) is 5.32 Å². The lowest BCUT2D eigenvalue weighted by molar-refractivity contribution is -0.140. The Bertz CT molecular complexity index is 486. The average molecular weight is 284 g/mol. The zero-order valence-corrected chi connectivity index (χ0v) is 12.2. The van der Waals surface area contributed by atoms with Crippen molar-refractivity contribution in [1.29, 1.82) is 0 Å². The summed E-state index contributed by atoms with van der Waals surface area (Å²) in [6.07, 6.45) is 0. The zero-order valence-electron chi connectivity index (χ0n) is 11.5. The Morgan fingerprint density at radius 3 is 2.42 bits per heavy atom. The number of amides is 1. The van der Waals surface area contributed by atoms with Crippen LogP contribution in [0.4, 0.5) is 0 Å². The van der Waals surface area contributed by atoms with Crippen LogP contribution in [0.2, 0.25) is 5.02 Å². The van der Waals surface area contributed by atoms with Crippen LogP contribution >= 0.6 is 11.6 Å². The van der Waals surface area contributed by atoms with E-state index in [0.29, 0.717) is 10.8 Å². The highest BCUT2D eigenvalue weighted by Crippen LogP contribution is 2.22. The molecule has 0 aliphatic rings. The van der Waals surface area contributed by atoms with Gasteiger partial charge in [-0.25, -0.2) is 4.79 Å². The zero-order chi connectivity index (χ0) is 14.6. The first kappa shape index (κ1) is 15.5. The minimum atomic E-state index is -0.660. The van der Waals surface area contributed by atoms with E-state index in [2.05, 4.69) is 5.32 Å². The number of carbonyl (C=O) groups excluding carboxylic acids is 2. The molecule has 0 saturated heterocycles. The predicted octanol–water partition coefficient (Wildman–Crippen LogP) is 2.71. The molecule has 19 heavy (non-hydrogen) atoms. The molecule has 1 N–H and O–H groups in total. The summed E-state index contributed by atoms with van der Waals surface area (Å²) in [5.41, 5.74) is 0.770. The Kier molecular flexibility index (Phi) is 5.36. The van der Waals surface area contributed by atoms with Crippen molar-refractivity contribution in [3.05, 3.63) is 28.8 Å². The summed E-state index contributed by atoms with van der Waals surface area (Å²) in [5.74, 6) is -0.339. The summed E-state index contributed by atoms with van der Waals surface area (Å²) in [7, 11) is 0. The first-order valence-corrected chi connectivity index (χ1v) is 6.44. The number of ether oxygens (including phenoxy) is 1. The highest BCUT2D eigenvalue weighted by Gasteiger charge is 2.25. The molecule has 0 saturated carbocycles. The minimum Gasteiger partial charge on any atom is -0.425 e. The van der Waals surface area contributed by atoms with Gasteiger partial charge < -0.3 is 10.1 Å². The van der Waals surface area contributed by atoms with E-state index in [1.807, 2.05) is 13.8 Å². The Morgan fingerprint density at radius 1 is 1.32 bits per heavy atom. The normalized spacial score (nSPS) is 12.1. The molecule has 1 aromatic rings. The summed E-state index contributed by atoms with van der Waals surface area (Å²) in [5, 5.41) is 3.17. The molecule has 0 aromatic heterocycles. The summed E-state index contributed by atoms with van der Waals surface area (Å²) in [6.45, 7) is 6.86. The van der Waals surface area contributed by atoms with E-state index in [0.717, 1.165) is 5.56 Å². The molecule has 0 fully saturated rings. The maximum atomic E-state index is 12.1. The fraction of sp³-hybridized carbons (Fsp3) is 0.429. The number of hydrogen-bond acceptors (Lipinski definition) is 3. The first-order chi connectivity index (χ1) is 8.81. The second-order valence-electron chi connectivity index (χ2n) is 4.75. The van der Waals surface area contributed by atoms with Crippen molar-refractivity contribution in [2.75, 3.05) is 0 Å². The van der Waals surface area contributed by atoms with Gasteiger partial charge in [0.05, 0.1) is 0 Å². The lowest BCUT2D eigenvalue weighted by Gasteiger charge is -2.20. The molecular weight excluding hydrogens is 266 g/mol. The van der Waals surface area contributed by atoms with Crippen LogP contribution in [0.5, 0.6) is 5.75 Å². The third-order valence-corrected chi connectivity index (χ3v) is 2.86. The fourth-order valence-corrected chi connectivity index (χ4v) is 1.84. The number of nitrogens with one attached hydrogen (secondary N) is 1. The number of rotatable bonds is 4. The van der Waals surface area contributed by atoms with E-state index in [1.54, 1.807) is 25.1 Å². The summed E-state index contributed by atoms with van der Waals surface area (Å²) in [4.78, 5) is 23.1. The Hall–Kier alpha value is -1.55. The largest absolute Gasteiger partial charge is 0.425 e. The maximum Gasteiger partial charge on any atom is 0.334 e. The number of esters is 1. The molecule has 0 heterocycles. The van der Waals surface area contributed by atoms with Crippen LogP contribution in [-0.4, -0.2) is 17.9 Å². The predicted molar refractivity (Wildman–Crippen MR) is 74.3 cm³/mol. The summed E-state index contributed by atoms with van der Waals surface area (Å²) >= 11 is 5.84. The number of halogens is 1. The van der Waals surface area contributed by atoms with E-state index >= 15 is 0 Å². The number of benzene rings is 1. The first-order valence-electron chi connectivity index (χ1n) is 6.06. The van der Waals surface area contributed by atoms with Gasteiger partial charge in [-0.2, -0.15) is 0 Å². The van der Waals surface area contributed by atoms with E-state index in [1.165, 1.54) is 6.92 Å². The highest BCUT2D eigenvalue weighted by molar-refractivity contribution is 6.30. The van der Waals surface area contributed by atoms with Crippen molar-refractivity contribution in [2.45, 2.75) is 33.7 Å². The van der Waals surface area contributed by atoms with Gasteiger partial charge in [-0.3, -0.25) is 4.79 Å². The molecule has 1 rings (SSSR count). The Morgan fingerprint density at radius 2 is 1.95 bits per heavy atom. The molecule has 1 unspecified atom stereocenters. The van der Waals surface area contributed by atoms with Crippen LogP contribution in [0, 0.1) is 12.8 Å². The van der Waals surface area contributed by atoms with Crippen LogP contribution < -0.4 is 10.1 Å². The van der Waals surface area contributed by atoms with Crippen molar-refractivity contribution in [2.24, 2.45) is 5.92 Å². The van der Waals surface area contributed by atoms with Gasteiger partial charge >= 0.3 is 5.97 Å². The van der Waals surface area contributed by atoms with E-state index in [9.17, 15) is 9.59 Å². The molecule has 0 bridgehead atoms. The van der Waals surface area contributed by atoms with Crippen molar-refractivity contribution in [3.63, 3.8) is 0 Å². The number of hydrogen-bond donors (Lipinski definition) is 1. The topological polar surface area (TPSA) is 55.4 Å². The lowest BCUT2D eigenvalue weighted by Crippen LogP contribution is -2.45. The van der Waals surface area contributed by atoms with Gasteiger partial charge in [-0.15, -0.1) is 0 Å². The summed E-state index contributed by atoms with van der Waals surface area (Å²) < 4.78 is 5.31. The van der Waals surface area contributed by atoms with E-state index in [4.69, 9.17) is 16.3 Å². The van der Waals surface area contributed by atoms with Gasteiger partial charge in [-0.05, 0) is 36.6 Å². The number of aryl methyl sites for hydroxylation is 1. The van der Waals surface area contributed by atoms with Crippen LogP contribution in [0.15, 0.2) is 18.2 Å². The molecular formula is C14H18ClNO3. The third-order valence-electron chi connectivity index (χ3n) is 2.63. The average Bonchev–Trinajstić information content (AvgIpc) is 2.29. The molecule has 0 spiro atoms. The van der Waals surface area contributed by atoms with Gasteiger partial charge in [0.1, 0.15) is 11.8 Å². The molecule has 4 nitrogen and oxygen atoms in total. The van der Waals surface area contributed by atoms with Gasteiger partial charge in [0.25, 0.3) is 0 Å². The van der Waals surface area contributed by atoms with Gasteiger partial charge in [-0.1, -0.05) is 25.4 Å². The molecule has 0 aliphatic carbocycles. The quantitative estimate of drug-likeness (QED) is 0.683. The second-order valence-corrected chi connectivity index (χ2v) is 5.19. The molecule has 0 aliphatic heterocycles. The van der Waals surface area contributed by atoms with Gasteiger partial charge in [0.15, 0.2) is 0 Å². The lowest BCUT2D eigenvalue weighted by atomic mass is 10.0. The molecule has 104 valence electrons. The van der Waals surface area contributed by atoms with Crippen molar-refractivity contribution < 1.29 is 14.3 Å². The third kappa shape index (κ3) is 4.56. The highest BCUT2D eigenvalue weighted by atomic mass is 35.5. The minimum absolute atomic E-state index is 0.0518. The van der Waals surface area contributed by atoms with Gasteiger partial charge in [0.2, 0.25) is 5.91 Å². The molecule has 1 amide bonds. The molecule has 0 radical (unpaired) electrons. The van der Waals surface area contributed by atoms with Crippen LogP contribution in [-0.2, 0) is 9.59 Å². The Balaban J connectivity index is 2.84. The van der Waals surface area contributed by atoms with Crippen LogP contribution in [0.1, 0.15) is 26.3 Å². The monoisotopic (exact) mass is 283 g/mol. The van der Waals surface area contributed by atoms with E-state index in [-0.39, 0.29) is 11.8 Å². The summed E-state index contributed by atoms with van der Waals surface area (Å²) in [6, 6.07) is 4.35. The van der Waals surface area contributed by atoms with E-state index < -0.39 is 12.0 Å². The molecule has 1 atom stereocenters. The Labute approximate surface area is 118 Å². The molecule has 1 aromatic carbocycles. The molecule has 5 heteroatoms. The van der Waals surface area contributed by atoms with Crippen LogP contribution in [0.3, 0.4) is 0 Å². The van der Waals surface area contributed by atoms with Crippen molar-refractivity contribution in [3.8, 4) is 5.75 Å². The van der Waals surface area contributed by atoms with Crippen LogP contribution in [0.25, 0.3) is 0 Å². The maximum absolute atomic E-state index is 12.1. The van der Waals surface area contributed by atoms with Crippen molar-refractivity contribution >= 4 is 23.5 Å². The fourth-order valence-electron chi connectivity index (χ4n) is 1.62. The standard InChI is InChI=1S/C14H18ClNO3/c1-8(2)13(16-10(4)17)14(18)19-12-6-5-11(15)7-9(12)3/h5-8,13H,1-4H3,(H,16,17). The second kappa shape index (κ2) is 6.57. The number of carbonyl (C=O) groups is 2. The smallest absolute Gasteiger partial charge is 0.334 e. The SMILES string of the molecule is CC(=O)NC(C(=O)Oc1ccc(Cl)cc1C)C(C)C.